The van der Waals surface area contributed by atoms with Gasteiger partial charge in [0.25, 0.3) is 5.91 Å². The van der Waals surface area contributed by atoms with Crippen LogP contribution in [0.3, 0.4) is 0 Å². The fourth-order valence-electron chi connectivity index (χ4n) is 1.77. The number of carbonyl (C=O) groups excluding carboxylic acids is 1. The maximum Gasteiger partial charge on any atom is 0.328 e. The van der Waals surface area contributed by atoms with Gasteiger partial charge >= 0.3 is 5.97 Å². The Kier molecular flexibility index (Phi) is 6.39. The molecule has 0 aromatic heterocycles. The zero-order valence-electron chi connectivity index (χ0n) is 12.0. The largest absolute Gasteiger partial charge is 0.480 e. The van der Waals surface area contributed by atoms with Gasteiger partial charge in [0.2, 0.25) is 0 Å². The molecule has 5 nitrogen and oxygen atoms in total. The molecule has 0 fully saturated rings. The second-order valence-electron chi connectivity index (χ2n) is 4.18. The summed E-state index contributed by atoms with van der Waals surface area (Å²) in [7, 11) is 0. The number of halogens is 1. The van der Waals surface area contributed by atoms with Crippen molar-refractivity contribution in [2.45, 2.75) is 13.8 Å². The summed E-state index contributed by atoms with van der Waals surface area (Å²) in [4.78, 5) is 23.9. The van der Waals surface area contributed by atoms with Crippen molar-refractivity contribution in [3.05, 3.63) is 35.7 Å². The lowest BCUT2D eigenvalue weighted by Gasteiger charge is -2.19. The molecule has 0 unspecified atom stereocenters. The van der Waals surface area contributed by atoms with Gasteiger partial charge in [-0.1, -0.05) is 12.1 Å². The SMILES string of the molecule is CCN(CC)C(=O)COc1c(F)cccc1/C=C/C(=O)O. The van der Waals surface area contributed by atoms with Crippen LogP contribution in [0.25, 0.3) is 6.08 Å². The summed E-state index contributed by atoms with van der Waals surface area (Å²) in [5.74, 6) is -2.17. The van der Waals surface area contributed by atoms with Crippen molar-refractivity contribution < 1.29 is 23.8 Å². The average molecular weight is 295 g/mol. The number of ether oxygens (including phenoxy) is 1. The van der Waals surface area contributed by atoms with E-state index in [1.165, 1.54) is 24.3 Å². The number of carboxylic acids is 1. The van der Waals surface area contributed by atoms with Gasteiger partial charge in [-0.05, 0) is 26.0 Å². The van der Waals surface area contributed by atoms with E-state index >= 15 is 0 Å². The Morgan fingerprint density at radius 3 is 2.57 bits per heavy atom. The van der Waals surface area contributed by atoms with Crippen LogP contribution in [0.4, 0.5) is 4.39 Å². The van der Waals surface area contributed by atoms with Gasteiger partial charge in [0.15, 0.2) is 18.2 Å². The zero-order valence-corrected chi connectivity index (χ0v) is 12.0. The number of hydrogen-bond acceptors (Lipinski definition) is 3. The van der Waals surface area contributed by atoms with Crippen molar-refractivity contribution in [1.29, 1.82) is 0 Å². The number of carboxylic acid groups (broad SMARTS) is 1. The number of amides is 1. The number of hydrogen-bond donors (Lipinski definition) is 1. The minimum Gasteiger partial charge on any atom is -0.480 e. The van der Waals surface area contributed by atoms with E-state index in [4.69, 9.17) is 9.84 Å². The number of carbonyl (C=O) groups is 2. The second kappa shape index (κ2) is 8.04. The van der Waals surface area contributed by atoms with E-state index in [9.17, 15) is 14.0 Å². The van der Waals surface area contributed by atoms with Gasteiger partial charge in [-0.3, -0.25) is 4.79 Å². The minimum atomic E-state index is -1.15. The van der Waals surface area contributed by atoms with Crippen LogP contribution in [0, 0.1) is 5.82 Å². The monoisotopic (exact) mass is 295 g/mol. The zero-order chi connectivity index (χ0) is 15.8. The van der Waals surface area contributed by atoms with E-state index < -0.39 is 11.8 Å². The van der Waals surface area contributed by atoms with Gasteiger partial charge < -0.3 is 14.7 Å². The van der Waals surface area contributed by atoms with Crippen molar-refractivity contribution in [2.75, 3.05) is 19.7 Å². The lowest BCUT2D eigenvalue weighted by Crippen LogP contribution is -2.34. The summed E-state index contributed by atoms with van der Waals surface area (Å²) in [6.07, 6.45) is 2.11. The standard InChI is InChI=1S/C15H18FNO4/c1-3-17(4-2)13(18)10-21-15-11(8-9-14(19)20)6-5-7-12(15)16/h5-9H,3-4,10H2,1-2H3,(H,19,20)/b9-8+. The molecule has 0 bridgehead atoms. The third-order valence-electron chi connectivity index (χ3n) is 2.86. The summed E-state index contributed by atoms with van der Waals surface area (Å²) in [6.45, 7) is 4.47. The fourth-order valence-corrected chi connectivity index (χ4v) is 1.77. The van der Waals surface area contributed by atoms with Crippen LogP contribution in [0.5, 0.6) is 5.75 Å². The molecule has 1 N–H and O–H groups in total. The number of nitrogens with zero attached hydrogens (tertiary/aromatic N) is 1. The molecule has 21 heavy (non-hydrogen) atoms. The number of benzene rings is 1. The highest BCUT2D eigenvalue weighted by molar-refractivity contribution is 5.86. The summed E-state index contributed by atoms with van der Waals surface area (Å²) >= 11 is 0. The average Bonchev–Trinajstić information content (AvgIpc) is 2.45. The molecule has 0 atom stereocenters. The van der Waals surface area contributed by atoms with Crippen LogP contribution in [-0.2, 0) is 9.59 Å². The molecule has 0 aliphatic carbocycles. The first-order chi connectivity index (χ1) is 9.99. The summed E-state index contributed by atoms with van der Waals surface area (Å²) in [5.41, 5.74) is 0.268. The van der Waals surface area contributed by atoms with Crippen LogP contribution in [0.1, 0.15) is 19.4 Å². The smallest absolute Gasteiger partial charge is 0.328 e. The van der Waals surface area contributed by atoms with Crippen LogP contribution in [0.2, 0.25) is 0 Å². The lowest BCUT2D eigenvalue weighted by atomic mass is 10.2. The second-order valence-corrected chi connectivity index (χ2v) is 4.18. The Morgan fingerprint density at radius 1 is 1.33 bits per heavy atom. The molecule has 0 heterocycles. The minimum absolute atomic E-state index is 0.129. The molecule has 6 heteroatoms. The van der Waals surface area contributed by atoms with E-state index in [1.807, 2.05) is 13.8 Å². The van der Waals surface area contributed by atoms with Crippen LogP contribution in [0.15, 0.2) is 24.3 Å². The number of likely N-dealkylation sites (N-methyl/N-ethyl adjacent to an activating group) is 1. The number of para-hydroxylation sites is 1. The van der Waals surface area contributed by atoms with Gasteiger partial charge in [0.05, 0.1) is 0 Å². The van der Waals surface area contributed by atoms with E-state index in [2.05, 4.69) is 0 Å². The van der Waals surface area contributed by atoms with E-state index in [-0.39, 0.29) is 23.8 Å². The molecule has 0 saturated heterocycles. The first kappa shape index (κ1) is 16.7. The molecule has 0 spiro atoms. The molecule has 1 aromatic rings. The summed E-state index contributed by atoms with van der Waals surface area (Å²) in [6, 6.07) is 4.14. The molecular formula is C15H18FNO4. The quantitative estimate of drug-likeness (QED) is 0.783. The Hall–Kier alpha value is -2.37. The third-order valence-corrected chi connectivity index (χ3v) is 2.86. The van der Waals surface area contributed by atoms with Crippen molar-refractivity contribution in [1.82, 2.24) is 4.90 Å². The molecule has 0 aliphatic rings. The summed E-state index contributed by atoms with van der Waals surface area (Å²) < 4.78 is 19.0. The van der Waals surface area contributed by atoms with Gasteiger partial charge in [-0.25, -0.2) is 9.18 Å². The maximum atomic E-state index is 13.8. The van der Waals surface area contributed by atoms with Crippen molar-refractivity contribution in [3.8, 4) is 5.75 Å². The lowest BCUT2D eigenvalue weighted by molar-refractivity contribution is -0.133. The van der Waals surface area contributed by atoms with E-state index in [1.54, 1.807) is 4.90 Å². The molecule has 1 rings (SSSR count). The van der Waals surface area contributed by atoms with Crippen molar-refractivity contribution >= 4 is 18.0 Å². The first-order valence-corrected chi connectivity index (χ1v) is 6.59. The Bertz CT molecular complexity index is 538. The fraction of sp³-hybridized carbons (Fsp3) is 0.333. The van der Waals surface area contributed by atoms with Crippen LogP contribution in [-0.4, -0.2) is 41.6 Å². The van der Waals surface area contributed by atoms with Crippen LogP contribution < -0.4 is 4.74 Å². The Balaban J connectivity index is 2.87. The van der Waals surface area contributed by atoms with Gasteiger partial charge in [0.1, 0.15) is 0 Å². The van der Waals surface area contributed by atoms with E-state index in [0.717, 1.165) is 6.08 Å². The molecule has 1 aromatic carbocycles. The predicted octanol–water partition coefficient (Wildman–Crippen LogP) is 2.17. The molecule has 0 radical (unpaired) electrons. The molecule has 0 aliphatic heterocycles. The van der Waals surface area contributed by atoms with Crippen molar-refractivity contribution in [2.24, 2.45) is 0 Å². The van der Waals surface area contributed by atoms with Crippen LogP contribution >= 0.6 is 0 Å². The predicted molar refractivity (Wildman–Crippen MR) is 76.5 cm³/mol. The highest BCUT2D eigenvalue weighted by Gasteiger charge is 2.14. The highest BCUT2D eigenvalue weighted by Crippen LogP contribution is 2.24. The topological polar surface area (TPSA) is 66.8 Å². The first-order valence-electron chi connectivity index (χ1n) is 6.59. The molecule has 114 valence electrons. The van der Waals surface area contributed by atoms with Crippen molar-refractivity contribution in [3.63, 3.8) is 0 Å². The van der Waals surface area contributed by atoms with Gasteiger partial charge in [-0.15, -0.1) is 0 Å². The molecule has 1 amide bonds. The molecule has 0 saturated carbocycles. The van der Waals surface area contributed by atoms with Gasteiger partial charge in [-0.2, -0.15) is 0 Å². The maximum absolute atomic E-state index is 13.8. The normalized spacial score (nSPS) is 10.6. The highest BCUT2D eigenvalue weighted by atomic mass is 19.1. The third kappa shape index (κ3) is 4.91. The van der Waals surface area contributed by atoms with Gasteiger partial charge in [0, 0.05) is 24.7 Å². The Morgan fingerprint density at radius 2 is 2.00 bits per heavy atom. The Labute approximate surface area is 122 Å². The number of rotatable bonds is 7. The molecular weight excluding hydrogens is 277 g/mol. The van der Waals surface area contributed by atoms with E-state index in [0.29, 0.717) is 13.1 Å². The summed E-state index contributed by atoms with van der Waals surface area (Å²) in [5, 5.41) is 8.61. The number of aliphatic carboxylic acids is 1.